The van der Waals surface area contributed by atoms with Crippen molar-refractivity contribution in [3.05, 3.63) is 58.1 Å². The van der Waals surface area contributed by atoms with E-state index in [-0.39, 0.29) is 16.3 Å². The van der Waals surface area contributed by atoms with Crippen LogP contribution in [-0.4, -0.2) is 26.2 Å². The van der Waals surface area contributed by atoms with Crippen molar-refractivity contribution >= 4 is 27.6 Å². The molecule has 0 aromatic heterocycles. The summed E-state index contributed by atoms with van der Waals surface area (Å²) in [5.74, 6) is 0.421. The molecule has 9 heteroatoms. The Labute approximate surface area is 157 Å². The smallest absolute Gasteiger partial charge is 0.269 e. The van der Waals surface area contributed by atoms with Crippen molar-refractivity contribution < 1.29 is 18.1 Å². The number of nitro groups is 1. The molecule has 144 valence electrons. The molecule has 0 heterocycles. The summed E-state index contributed by atoms with van der Waals surface area (Å²) in [6.45, 7) is 2.56. The number of non-ortho nitro benzene ring substituents is 1. The molecule has 0 saturated carbocycles. The summed E-state index contributed by atoms with van der Waals surface area (Å²) in [5, 5.41) is 18.3. The van der Waals surface area contributed by atoms with Crippen molar-refractivity contribution in [2.75, 3.05) is 11.3 Å². The van der Waals surface area contributed by atoms with Gasteiger partial charge in [-0.15, -0.1) is 0 Å². The molecule has 0 atom stereocenters. The Morgan fingerprint density at radius 2 is 1.89 bits per heavy atom. The second-order valence-corrected chi connectivity index (χ2v) is 7.46. The third kappa shape index (κ3) is 5.27. The molecule has 0 aliphatic rings. The van der Waals surface area contributed by atoms with E-state index in [1.807, 2.05) is 0 Å². The average molecular weight is 391 g/mol. The minimum Gasteiger partial charge on any atom is -0.493 e. The molecule has 8 nitrogen and oxygen atoms in total. The van der Waals surface area contributed by atoms with Gasteiger partial charge in [-0.05, 0) is 30.7 Å². The molecule has 0 saturated heterocycles. The van der Waals surface area contributed by atoms with Gasteiger partial charge < -0.3 is 10.1 Å². The summed E-state index contributed by atoms with van der Waals surface area (Å²) in [5.41, 5.74) is 0.326. The summed E-state index contributed by atoms with van der Waals surface area (Å²) in [4.78, 5) is 9.99. The first-order valence-corrected chi connectivity index (χ1v) is 9.91. The molecule has 0 unspecified atom stereocenters. The first-order valence-electron chi connectivity index (χ1n) is 8.42. The van der Waals surface area contributed by atoms with E-state index in [0.717, 1.165) is 49.7 Å². The van der Waals surface area contributed by atoms with Gasteiger partial charge in [-0.25, -0.2) is 8.42 Å². The maximum atomic E-state index is 12.6. The van der Waals surface area contributed by atoms with Crippen LogP contribution in [0.15, 0.2) is 47.4 Å². The van der Waals surface area contributed by atoms with Gasteiger partial charge in [0.25, 0.3) is 15.7 Å². The molecule has 0 spiro atoms. The van der Waals surface area contributed by atoms with Gasteiger partial charge in [-0.3, -0.25) is 14.8 Å². The van der Waals surface area contributed by atoms with Crippen LogP contribution in [0.2, 0.25) is 0 Å². The van der Waals surface area contributed by atoms with Crippen molar-refractivity contribution in [3.63, 3.8) is 0 Å². The van der Waals surface area contributed by atoms with Gasteiger partial charge in [-0.1, -0.05) is 25.8 Å². The fourth-order valence-corrected chi connectivity index (χ4v) is 3.47. The van der Waals surface area contributed by atoms with Crippen LogP contribution in [0.25, 0.3) is 0 Å². The van der Waals surface area contributed by atoms with Gasteiger partial charge in [0.1, 0.15) is 5.75 Å². The Morgan fingerprint density at radius 1 is 1.19 bits per heavy atom. The lowest BCUT2D eigenvalue weighted by molar-refractivity contribution is -0.384. The lowest BCUT2D eigenvalue weighted by Crippen LogP contribution is -2.14. The molecule has 2 aromatic rings. The van der Waals surface area contributed by atoms with Gasteiger partial charge in [0.05, 0.1) is 27.7 Å². The third-order valence-corrected chi connectivity index (χ3v) is 5.20. The van der Waals surface area contributed by atoms with Gasteiger partial charge in [-0.2, -0.15) is 0 Å². The second kappa shape index (κ2) is 9.13. The van der Waals surface area contributed by atoms with E-state index in [4.69, 9.17) is 10.1 Å². The second-order valence-electron chi connectivity index (χ2n) is 5.77. The first-order chi connectivity index (χ1) is 12.9. The van der Waals surface area contributed by atoms with E-state index in [0.29, 0.717) is 17.9 Å². The van der Waals surface area contributed by atoms with E-state index in [1.165, 1.54) is 6.07 Å². The van der Waals surface area contributed by atoms with Gasteiger partial charge in [0, 0.05) is 18.3 Å². The van der Waals surface area contributed by atoms with Crippen LogP contribution in [0.4, 0.5) is 11.4 Å². The number of sulfonamides is 1. The maximum absolute atomic E-state index is 12.6. The quantitative estimate of drug-likeness (QED) is 0.275. The Balaban J connectivity index is 2.24. The zero-order chi connectivity index (χ0) is 19.9. The number of hydrogen-bond donors (Lipinski definition) is 2. The number of nitrogens with one attached hydrogen (secondary N) is 2. The van der Waals surface area contributed by atoms with E-state index in [9.17, 15) is 18.5 Å². The predicted octanol–water partition coefficient (Wildman–Crippen LogP) is 3.96. The van der Waals surface area contributed by atoms with E-state index >= 15 is 0 Å². The fourth-order valence-electron chi connectivity index (χ4n) is 2.39. The minimum atomic E-state index is -3.97. The number of ether oxygens (including phenoxy) is 1. The van der Waals surface area contributed by atoms with E-state index < -0.39 is 14.9 Å². The number of hydrogen-bond acceptors (Lipinski definition) is 6. The SMILES string of the molecule is CCCCCOc1cccc(NS(=O)(=O)c2ccc([N+](=O)[O-])cc2)c1C=N. The normalized spacial score (nSPS) is 11.0. The molecule has 0 bridgehead atoms. The molecule has 2 N–H and O–H groups in total. The lowest BCUT2D eigenvalue weighted by Gasteiger charge is -2.14. The highest BCUT2D eigenvalue weighted by Crippen LogP contribution is 2.27. The molecule has 0 aliphatic heterocycles. The molecule has 0 fully saturated rings. The first kappa shape index (κ1) is 20.4. The van der Waals surface area contributed by atoms with Crippen molar-refractivity contribution in [2.24, 2.45) is 0 Å². The maximum Gasteiger partial charge on any atom is 0.269 e. The standard InChI is InChI=1S/C18H21N3O5S/c1-2-3-4-12-26-18-7-5-6-17(16(18)13-19)20-27(24,25)15-10-8-14(9-11-15)21(22)23/h5-11,13,19-20H,2-4,12H2,1H3. The monoisotopic (exact) mass is 391 g/mol. The van der Waals surface area contributed by atoms with Gasteiger partial charge >= 0.3 is 0 Å². The molecule has 0 amide bonds. The zero-order valence-corrected chi connectivity index (χ0v) is 15.7. The summed E-state index contributed by atoms with van der Waals surface area (Å²) in [6.07, 6.45) is 3.97. The highest BCUT2D eigenvalue weighted by atomic mass is 32.2. The molecular formula is C18H21N3O5S. The van der Waals surface area contributed by atoms with Crippen LogP contribution in [-0.2, 0) is 10.0 Å². The highest BCUT2D eigenvalue weighted by molar-refractivity contribution is 7.92. The van der Waals surface area contributed by atoms with Crippen molar-refractivity contribution in [1.29, 1.82) is 5.41 Å². The zero-order valence-electron chi connectivity index (χ0n) is 14.8. The van der Waals surface area contributed by atoms with Gasteiger partial charge in [0.2, 0.25) is 0 Å². The molecule has 0 aliphatic carbocycles. The molecule has 27 heavy (non-hydrogen) atoms. The summed E-state index contributed by atoms with van der Waals surface area (Å²) in [6, 6.07) is 9.41. The summed E-state index contributed by atoms with van der Waals surface area (Å²) in [7, 11) is -3.97. The van der Waals surface area contributed by atoms with E-state index in [2.05, 4.69) is 11.6 Å². The average Bonchev–Trinajstić information content (AvgIpc) is 2.65. The summed E-state index contributed by atoms with van der Waals surface area (Å²) < 4.78 is 33.2. The lowest BCUT2D eigenvalue weighted by atomic mass is 10.2. The number of anilines is 1. The van der Waals surface area contributed by atoms with Crippen LogP contribution in [0, 0.1) is 15.5 Å². The largest absolute Gasteiger partial charge is 0.493 e. The molecule has 0 radical (unpaired) electrons. The topological polar surface area (TPSA) is 122 Å². The van der Waals surface area contributed by atoms with Crippen LogP contribution < -0.4 is 9.46 Å². The highest BCUT2D eigenvalue weighted by Gasteiger charge is 2.18. The minimum absolute atomic E-state index is 0.113. The fraction of sp³-hybridized carbons (Fsp3) is 0.278. The van der Waals surface area contributed by atoms with E-state index in [1.54, 1.807) is 12.1 Å². The van der Waals surface area contributed by atoms with Crippen LogP contribution in [0.5, 0.6) is 5.75 Å². The van der Waals surface area contributed by atoms with Crippen LogP contribution in [0.3, 0.4) is 0 Å². The van der Waals surface area contributed by atoms with Crippen molar-refractivity contribution in [1.82, 2.24) is 0 Å². The Kier molecular flexibility index (Phi) is 6.89. The molecular weight excluding hydrogens is 370 g/mol. The van der Waals surface area contributed by atoms with Crippen LogP contribution >= 0.6 is 0 Å². The van der Waals surface area contributed by atoms with Crippen molar-refractivity contribution in [3.8, 4) is 5.75 Å². The Hall–Kier alpha value is -2.94. The Bertz CT molecular complexity index is 911. The number of nitrogens with zero attached hydrogens (tertiary/aromatic N) is 1. The Morgan fingerprint density at radius 3 is 2.48 bits per heavy atom. The van der Waals surface area contributed by atoms with Gasteiger partial charge in [0.15, 0.2) is 0 Å². The third-order valence-electron chi connectivity index (χ3n) is 3.82. The van der Waals surface area contributed by atoms with Crippen molar-refractivity contribution in [2.45, 2.75) is 31.1 Å². The number of unbranched alkanes of at least 4 members (excludes halogenated alkanes) is 2. The number of benzene rings is 2. The predicted molar refractivity (Wildman–Crippen MR) is 103 cm³/mol. The summed E-state index contributed by atoms with van der Waals surface area (Å²) >= 11 is 0. The number of nitro benzene ring substituents is 1. The number of rotatable bonds is 10. The molecule has 2 aromatic carbocycles. The molecule has 2 rings (SSSR count). The van der Waals surface area contributed by atoms with Crippen LogP contribution in [0.1, 0.15) is 31.7 Å².